The number of carbonyl (C=O) groups is 9. The van der Waals surface area contributed by atoms with Crippen LogP contribution in [0.3, 0.4) is 0 Å². The minimum absolute atomic E-state index is 0.00146. The van der Waals surface area contributed by atoms with Crippen molar-refractivity contribution in [3.8, 4) is 0 Å². The Kier molecular flexibility index (Phi) is 22.2. The van der Waals surface area contributed by atoms with Crippen LogP contribution in [0.2, 0.25) is 0 Å². The maximum absolute atomic E-state index is 14.0. The molecule has 9 N–H and O–H groups in total. The first kappa shape index (κ1) is 50.8. The molecule has 0 fully saturated rings. The fraction of sp³-hybridized carbons (Fsp3) is 0.512. The van der Waals surface area contributed by atoms with Crippen LogP contribution in [0.4, 0.5) is 0 Å². The number of carbonyl (C=O) groups excluding carboxylic acids is 8. The Morgan fingerprint density at radius 2 is 1.03 bits per heavy atom. The summed E-state index contributed by atoms with van der Waals surface area (Å²) < 4.78 is 0. The molecule has 0 radical (unpaired) electrons. The Balaban J connectivity index is 2.31. The molecule has 0 aliphatic rings. The highest BCUT2D eigenvalue weighted by atomic mass is 16.4. The molecule has 18 nitrogen and oxygen atoms in total. The second kappa shape index (κ2) is 26.7. The molecule has 0 spiro atoms. The maximum Gasteiger partial charge on any atom is 0.326 e. The predicted molar refractivity (Wildman–Crippen MR) is 226 cm³/mol. The lowest BCUT2D eigenvalue weighted by molar-refractivity contribution is -0.142. The third kappa shape index (κ3) is 18.6. The topological polar surface area (TPSA) is 270 Å². The number of unbranched alkanes of at least 4 members (excludes halogenated alkanes) is 1. The van der Waals surface area contributed by atoms with E-state index in [-0.39, 0.29) is 31.6 Å². The van der Waals surface area contributed by atoms with E-state index < -0.39 is 89.6 Å². The van der Waals surface area contributed by atoms with Crippen molar-refractivity contribution in [1.29, 1.82) is 0 Å². The molecule has 0 unspecified atom stereocenters. The van der Waals surface area contributed by atoms with Crippen LogP contribution in [0, 0.1) is 11.8 Å². The van der Waals surface area contributed by atoms with Crippen molar-refractivity contribution in [3.05, 3.63) is 71.8 Å². The molecular formula is C43H62N8O10. The average Bonchev–Trinajstić information content (AvgIpc) is 3.21. The number of hydrogen-bond donors (Lipinski definition) is 9. The number of amides is 8. The quantitative estimate of drug-likeness (QED) is 0.0416. The summed E-state index contributed by atoms with van der Waals surface area (Å²) in [6, 6.07) is 9.47. The van der Waals surface area contributed by atoms with Crippen molar-refractivity contribution in [2.24, 2.45) is 11.8 Å². The zero-order valence-electron chi connectivity index (χ0n) is 35.7. The number of benzene rings is 2. The van der Waals surface area contributed by atoms with Crippen LogP contribution in [0.1, 0.15) is 78.4 Å². The Bertz CT molecular complexity index is 1760. The van der Waals surface area contributed by atoms with Crippen LogP contribution in [0.25, 0.3) is 0 Å². The van der Waals surface area contributed by atoms with Gasteiger partial charge < -0.3 is 47.6 Å². The summed E-state index contributed by atoms with van der Waals surface area (Å²) in [4.78, 5) is 115. The van der Waals surface area contributed by atoms with E-state index in [4.69, 9.17) is 0 Å². The van der Waals surface area contributed by atoms with E-state index in [1.165, 1.54) is 13.8 Å². The standard InChI is InChI=1S/C43H62N8O10/c1-26(2)21-33(48-39(56)32(19-13-14-20-44-24-52)47-38(55)29(6)46-37(54)28(5)45-25-53)41(58)51-36(27(3)4)42(59)49-34(22-30-15-9-7-10-16-30)40(57)50-35(43(60)61)23-31-17-11-8-12-18-31/h7-12,15-18,24-29,32-36H,13-14,19-23H2,1-6H3,(H,44,52)(H,45,53)(H,46,54)(H,47,55)(H,48,56)(H,49,59)(H,50,57)(H,51,58)(H,60,61)/t28-,29-,32-,33-,34-,35-,36-/m0/s1. The minimum atomic E-state index is -1.30. The second-order valence-corrected chi connectivity index (χ2v) is 15.6. The van der Waals surface area contributed by atoms with E-state index in [0.717, 1.165) is 0 Å². The van der Waals surface area contributed by atoms with Gasteiger partial charge in [-0.2, -0.15) is 0 Å². The molecule has 0 saturated heterocycles. The molecule has 2 aromatic rings. The monoisotopic (exact) mass is 850 g/mol. The molecule has 0 heterocycles. The SMILES string of the molecule is CC(C)C[C@H](NC(=O)[C@H](CCCCNC=O)NC(=O)[C@H](C)NC(=O)[C@H](C)NC=O)C(=O)N[C@H](C(=O)N[C@@H](Cc1ccccc1)C(=O)N[C@@H](Cc1ccccc1)C(=O)O)C(C)C. The van der Waals surface area contributed by atoms with Gasteiger partial charge >= 0.3 is 5.97 Å². The van der Waals surface area contributed by atoms with E-state index in [1.807, 2.05) is 13.8 Å². The third-order valence-electron chi connectivity index (χ3n) is 9.64. The number of carboxylic acid groups (broad SMARTS) is 1. The predicted octanol–water partition coefficient (Wildman–Crippen LogP) is 0.238. The molecule has 0 aromatic heterocycles. The van der Waals surface area contributed by atoms with Gasteiger partial charge in [-0.3, -0.25) is 38.4 Å². The Hall–Kier alpha value is -6.33. The number of nitrogens with one attached hydrogen (secondary N) is 8. The van der Waals surface area contributed by atoms with Crippen molar-refractivity contribution >= 4 is 54.2 Å². The molecule has 61 heavy (non-hydrogen) atoms. The molecule has 0 saturated carbocycles. The fourth-order valence-electron chi connectivity index (χ4n) is 6.19. The Labute approximate surface area is 356 Å². The number of carboxylic acids is 1. The lowest BCUT2D eigenvalue weighted by Gasteiger charge is -2.29. The van der Waals surface area contributed by atoms with Gasteiger partial charge in [-0.05, 0) is 62.5 Å². The summed E-state index contributed by atoms with van der Waals surface area (Å²) in [6.45, 7) is 10.2. The van der Waals surface area contributed by atoms with Crippen molar-refractivity contribution in [2.45, 2.75) is 122 Å². The first-order valence-electron chi connectivity index (χ1n) is 20.5. The van der Waals surface area contributed by atoms with Crippen molar-refractivity contribution in [3.63, 3.8) is 0 Å². The summed E-state index contributed by atoms with van der Waals surface area (Å²) in [5, 5.41) is 30.6. The van der Waals surface area contributed by atoms with Crippen LogP contribution >= 0.6 is 0 Å². The molecule has 0 aliphatic carbocycles. The molecule has 2 rings (SSSR count). The first-order chi connectivity index (χ1) is 29.0. The van der Waals surface area contributed by atoms with Crippen molar-refractivity contribution in [1.82, 2.24) is 42.5 Å². The van der Waals surface area contributed by atoms with Gasteiger partial charge in [-0.1, -0.05) is 88.4 Å². The second-order valence-electron chi connectivity index (χ2n) is 15.6. The zero-order valence-corrected chi connectivity index (χ0v) is 35.7. The molecule has 18 heteroatoms. The molecule has 0 bridgehead atoms. The first-order valence-corrected chi connectivity index (χ1v) is 20.5. The average molecular weight is 851 g/mol. The third-order valence-corrected chi connectivity index (χ3v) is 9.64. The van der Waals surface area contributed by atoms with Gasteiger partial charge in [-0.15, -0.1) is 0 Å². The largest absolute Gasteiger partial charge is 0.480 e. The Morgan fingerprint density at radius 1 is 0.541 bits per heavy atom. The van der Waals surface area contributed by atoms with E-state index >= 15 is 0 Å². The highest BCUT2D eigenvalue weighted by molar-refractivity contribution is 5.97. The highest BCUT2D eigenvalue weighted by Crippen LogP contribution is 2.12. The van der Waals surface area contributed by atoms with Gasteiger partial charge in [0, 0.05) is 19.4 Å². The van der Waals surface area contributed by atoms with Crippen molar-refractivity contribution in [2.75, 3.05) is 6.54 Å². The molecule has 7 atom stereocenters. The molecular weight excluding hydrogens is 789 g/mol. The van der Waals surface area contributed by atoms with Crippen LogP contribution < -0.4 is 42.5 Å². The van der Waals surface area contributed by atoms with Gasteiger partial charge in [0.05, 0.1) is 0 Å². The van der Waals surface area contributed by atoms with Crippen LogP contribution in [-0.4, -0.2) is 108 Å². The summed E-state index contributed by atoms with van der Waals surface area (Å²) in [5.41, 5.74) is 1.37. The highest BCUT2D eigenvalue weighted by Gasteiger charge is 2.34. The van der Waals surface area contributed by atoms with Crippen molar-refractivity contribution < 1.29 is 48.3 Å². The van der Waals surface area contributed by atoms with E-state index in [9.17, 15) is 48.3 Å². The van der Waals surface area contributed by atoms with Gasteiger partial charge in [0.15, 0.2) is 0 Å². The summed E-state index contributed by atoms with van der Waals surface area (Å²) >= 11 is 0. The molecule has 2 aromatic carbocycles. The Morgan fingerprint density at radius 3 is 1.56 bits per heavy atom. The fourth-order valence-corrected chi connectivity index (χ4v) is 6.19. The van der Waals surface area contributed by atoms with E-state index in [2.05, 4.69) is 42.5 Å². The lowest BCUT2D eigenvalue weighted by Crippen LogP contribution is -2.61. The van der Waals surface area contributed by atoms with Gasteiger partial charge in [-0.25, -0.2) is 4.79 Å². The normalized spacial score (nSPS) is 14.4. The van der Waals surface area contributed by atoms with Gasteiger partial charge in [0.1, 0.15) is 42.3 Å². The smallest absolute Gasteiger partial charge is 0.326 e. The van der Waals surface area contributed by atoms with Gasteiger partial charge in [0.2, 0.25) is 48.3 Å². The zero-order chi connectivity index (χ0) is 45.5. The molecule has 0 aliphatic heterocycles. The summed E-state index contributed by atoms with van der Waals surface area (Å²) in [6.07, 6.45) is 1.99. The lowest BCUT2D eigenvalue weighted by atomic mass is 9.98. The summed E-state index contributed by atoms with van der Waals surface area (Å²) in [5.74, 6) is -6.11. The van der Waals surface area contributed by atoms with Crippen LogP contribution in [0.15, 0.2) is 60.7 Å². The molecule has 334 valence electrons. The number of hydrogen-bond acceptors (Lipinski definition) is 9. The maximum atomic E-state index is 14.0. The molecule has 8 amide bonds. The van der Waals surface area contributed by atoms with Gasteiger partial charge in [0.25, 0.3) is 0 Å². The van der Waals surface area contributed by atoms with Crippen LogP contribution in [0.5, 0.6) is 0 Å². The summed E-state index contributed by atoms with van der Waals surface area (Å²) in [7, 11) is 0. The minimum Gasteiger partial charge on any atom is -0.480 e. The van der Waals surface area contributed by atoms with E-state index in [1.54, 1.807) is 74.5 Å². The van der Waals surface area contributed by atoms with Crippen LogP contribution in [-0.2, 0) is 56.0 Å². The number of aliphatic carboxylic acids is 1. The number of rotatable bonds is 28. The van der Waals surface area contributed by atoms with E-state index in [0.29, 0.717) is 43.3 Å².